The largest absolute Gasteiger partial charge is 0.378 e. The number of aryl methyl sites for hydroxylation is 3. The Balaban J connectivity index is 1.39. The van der Waals surface area contributed by atoms with Gasteiger partial charge in [-0.05, 0) is 61.6 Å². The van der Waals surface area contributed by atoms with Gasteiger partial charge in [-0.25, -0.2) is 0 Å². The fourth-order valence-electron chi connectivity index (χ4n) is 3.32. The molecular formula is C23H29N3O3. The molecule has 0 radical (unpaired) electrons. The van der Waals surface area contributed by atoms with Gasteiger partial charge >= 0.3 is 11.8 Å². The molecule has 154 valence electrons. The summed E-state index contributed by atoms with van der Waals surface area (Å²) in [6.07, 6.45) is 1.63. The number of nitrogens with one attached hydrogen (secondary N) is 2. The second-order valence-corrected chi connectivity index (χ2v) is 7.40. The molecule has 0 spiro atoms. The maximum absolute atomic E-state index is 12.1. The first-order chi connectivity index (χ1) is 14.0. The number of amides is 2. The molecule has 0 aromatic heterocycles. The Labute approximate surface area is 172 Å². The van der Waals surface area contributed by atoms with Gasteiger partial charge in [-0.1, -0.05) is 24.3 Å². The van der Waals surface area contributed by atoms with E-state index in [0.29, 0.717) is 12.2 Å². The molecule has 1 aliphatic rings. The lowest BCUT2D eigenvalue weighted by atomic mass is 10.1. The first kappa shape index (κ1) is 20.9. The molecule has 2 amide bonds. The second-order valence-electron chi connectivity index (χ2n) is 7.40. The number of carbonyl (C=O) groups excluding carboxylic acids is 2. The molecule has 0 atom stereocenters. The summed E-state index contributed by atoms with van der Waals surface area (Å²) in [6.45, 7) is 7.71. The summed E-state index contributed by atoms with van der Waals surface area (Å²) < 4.78 is 5.39. The van der Waals surface area contributed by atoms with E-state index < -0.39 is 11.8 Å². The van der Waals surface area contributed by atoms with Crippen LogP contribution >= 0.6 is 0 Å². The number of benzene rings is 2. The van der Waals surface area contributed by atoms with Crippen molar-refractivity contribution in [3.8, 4) is 0 Å². The highest BCUT2D eigenvalue weighted by Crippen LogP contribution is 2.18. The first-order valence-corrected chi connectivity index (χ1v) is 10.1. The zero-order valence-corrected chi connectivity index (χ0v) is 17.2. The Morgan fingerprint density at radius 2 is 1.72 bits per heavy atom. The smallest absolute Gasteiger partial charge is 0.313 e. The topological polar surface area (TPSA) is 70.7 Å². The minimum absolute atomic E-state index is 0.463. The third-order valence-electron chi connectivity index (χ3n) is 5.09. The van der Waals surface area contributed by atoms with Crippen LogP contribution in [0.3, 0.4) is 0 Å². The minimum atomic E-state index is -0.631. The lowest BCUT2D eigenvalue weighted by molar-refractivity contribution is -0.136. The van der Waals surface area contributed by atoms with Gasteiger partial charge in [0.05, 0.1) is 13.2 Å². The summed E-state index contributed by atoms with van der Waals surface area (Å²) in [7, 11) is 0. The van der Waals surface area contributed by atoms with E-state index in [9.17, 15) is 9.59 Å². The van der Waals surface area contributed by atoms with Crippen LogP contribution in [0.2, 0.25) is 0 Å². The van der Waals surface area contributed by atoms with Gasteiger partial charge in [0.2, 0.25) is 0 Å². The van der Waals surface area contributed by atoms with Gasteiger partial charge < -0.3 is 20.3 Å². The van der Waals surface area contributed by atoms with Gasteiger partial charge in [0, 0.05) is 31.0 Å². The van der Waals surface area contributed by atoms with E-state index >= 15 is 0 Å². The van der Waals surface area contributed by atoms with Crippen LogP contribution in [0.4, 0.5) is 11.4 Å². The zero-order chi connectivity index (χ0) is 20.6. The molecule has 2 aromatic carbocycles. The fourth-order valence-corrected chi connectivity index (χ4v) is 3.32. The highest BCUT2D eigenvalue weighted by atomic mass is 16.5. The minimum Gasteiger partial charge on any atom is -0.378 e. The van der Waals surface area contributed by atoms with Crippen LogP contribution in [0.5, 0.6) is 0 Å². The van der Waals surface area contributed by atoms with E-state index in [2.05, 4.69) is 39.8 Å². The summed E-state index contributed by atoms with van der Waals surface area (Å²) in [5.74, 6) is -1.23. The average molecular weight is 396 g/mol. The van der Waals surface area contributed by atoms with Crippen molar-refractivity contribution in [2.24, 2.45) is 0 Å². The highest BCUT2D eigenvalue weighted by molar-refractivity contribution is 6.39. The summed E-state index contributed by atoms with van der Waals surface area (Å²) in [5, 5.41) is 5.38. The number of carbonyl (C=O) groups is 2. The van der Waals surface area contributed by atoms with Crippen LogP contribution in [0.25, 0.3) is 0 Å². The van der Waals surface area contributed by atoms with Crippen LogP contribution in [-0.2, 0) is 20.7 Å². The lowest BCUT2D eigenvalue weighted by Crippen LogP contribution is -2.36. The van der Waals surface area contributed by atoms with Gasteiger partial charge in [-0.3, -0.25) is 9.59 Å². The summed E-state index contributed by atoms with van der Waals surface area (Å²) in [4.78, 5) is 26.4. The van der Waals surface area contributed by atoms with Crippen molar-refractivity contribution in [3.05, 3.63) is 59.2 Å². The second kappa shape index (κ2) is 10.1. The molecule has 1 aliphatic heterocycles. The maximum atomic E-state index is 12.1. The highest BCUT2D eigenvalue weighted by Gasteiger charge is 2.14. The van der Waals surface area contributed by atoms with E-state index in [1.807, 2.05) is 32.0 Å². The molecule has 1 fully saturated rings. The molecule has 6 heteroatoms. The summed E-state index contributed by atoms with van der Waals surface area (Å²) in [5.41, 5.74) is 5.07. The number of nitrogens with zero attached hydrogens (tertiary/aromatic N) is 1. The van der Waals surface area contributed by atoms with E-state index in [1.54, 1.807) is 0 Å². The van der Waals surface area contributed by atoms with Gasteiger partial charge in [-0.2, -0.15) is 0 Å². The molecule has 1 saturated heterocycles. The maximum Gasteiger partial charge on any atom is 0.313 e. The number of hydrogen-bond acceptors (Lipinski definition) is 4. The first-order valence-electron chi connectivity index (χ1n) is 10.1. The third kappa shape index (κ3) is 6.06. The van der Waals surface area contributed by atoms with Crippen molar-refractivity contribution in [2.45, 2.75) is 26.7 Å². The summed E-state index contributed by atoms with van der Waals surface area (Å²) in [6, 6.07) is 14.3. The quantitative estimate of drug-likeness (QED) is 0.583. The standard InChI is InChI=1S/C23H29N3O3/c1-17-5-6-18(2)21(16-17)25-23(28)22(27)24-11-3-4-19-7-9-20(10-8-19)26-12-14-29-15-13-26/h5-10,16H,3-4,11-15H2,1-2H3,(H,24,27)(H,25,28). The molecule has 0 aliphatic carbocycles. The lowest BCUT2D eigenvalue weighted by Gasteiger charge is -2.28. The Bertz CT molecular complexity index is 843. The predicted molar refractivity (Wildman–Crippen MR) is 115 cm³/mol. The van der Waals surface area contributed by atoms with E-state index in [1.165, 1.54) is 11.3 Å². The van der Waals surface area contributed by atoms with Crippen molar-refractivity contribution in [1.29, 1.82) is 0 Å². The Hall–Kier alpha value is -2.86. The zero-order valence-electron chi connectivity index (χ0n) is 17.2. The van der Waals surface area contributed by atoms with Gasteiger partial charge in [-0.15, -0.1) is 0 Å². The molecule has 6 nitrogen and oxygen atoms in total. The van der Waals surface area contributed by atoms with E-state index in [0.717, 1.165) is 50.3 Å². The van der Waals surface area contributed by atoms with Crippen molar-refractivity contribution in [1.82, 2.24) is 5.32 Å². The normalized spacial score (nSPS) is 13.8. The van der Waals surface area contributed by atoms with Crippen LogP contribution in [0.15, 0.2) is 42.5 Å². The molecule has 0 bridgehead atoms. The number of anilines is 2. The SMILES string of the molecule is Cc1ccc(C)c(NC(=O)C(=O)NCCCc2ccc(N3CCOCC3)cc2)c1. The Morgan fingerprint density at radius 3 is 2.45 bits per heavy atom. The van der Waals surface area contributed by atoms with Gasteiger partial charge in [0.1, 0.15) is 0 Å². The van der Waals surface area contributed by atoms with Crippen LogP contribution in [-0.4, -0.2) is 44.7 Å². The fraction of sp³-hybridized carbons (Fsp3) is 0.391. The van der Waals surface area contributed by atoms with Crippen molar-refractivity contribution >= 4 is 23.2 Å². The van der Waals surface area contributed by atoms with Crippen molar-refractivity contribution in [3.63, 3.8) is 0 Å². The summed E-state index contributed by atoms with van der Waals surface area (Å²) >= 11 is 0. The molecule has 29 heavy (non-hydrogen) atoms. The number of ether oxygens (including phenoxy) is 1. The van der Waals surface area contributed by atoms with Crippen LogP contribution in [0.1, 0.15) is 23.1 Å². The molecule has 1 heterocycles. The van der Waals surface area contributed by atoms with Crippen molar-refractivity contribution in [2.75, 3.05) is 43.1 Å². The number of morpholine rings is 1. The Morgan fingerprint density at radius 1 is 1.00 bits per heavy atom. The monoisotopic (exact) mass is 395 g/mol. The molecule has 0 unspecified atom stereocenters. The number of hydrogen-bond donors (Lipinski definition) is 2. The molecule has 0 saturated carbocycles. The Kier molecular flexibility index (Phi) is 7.25. The van der Waals surface area contributed by atoms with Gasteiger partial charge in [0.15, 0.2) is 0 Å². The molecule has 3 rings (SSSR count). The molecular weight excluding hydrogens is 366 g/mol. The van der Waals surface area contributed by atoms with E-state index in [4.69, 9.17) is 4.74 Å². The average Bonchev–Trinajstić information content (AvgIpc) is 2.74. The van der Waals surface area contributed by atoms with Crippen molar-refractivity contribution < 1.29 is 14.3 Å². The van der Waals surface area contributed by atoms with Gasteiger partial charge in [0.25, 0.3) is 0 Å². The molecule has 2 aromatic rings. The number of rotatable bonds is 6. The molecule has 2 N–H and O–H groups in total. The van der Waals surface area contributed by atoms with E-state index in [-0.39, 0.29) is 0 Å². The van der Waals surface area contributed by atoms with Crippen LogP contribution < -0.4 is 15.5 Å². The predicted octanol–water partition coefficient (Wildman–Crippen LogP) is 2.83. The van der Waals surface area contributed by atoms with Crippen LogP contribution in [0, 0.1) is 13.8 Å². The third-order valence-corrected chi connectivity index (χ3v) is 5.09.